The second kappa shape index (κ2) is 8.12. The fourth-order valence-corrected chi connectivity index (χ4v) is 8.02. The molecule has 2 aromatic rings. The Bertz CT molecular complexity index is 912. The monoisotopic (exact) mass is 451 g/mol. The molecule has 4 rings (SSSR count). The fourth-order valence-electron chi connectivity index (χ4n) is 5.48. The summed E-state index contributed by atoms with van der Waals surface area (Å²) >= 11 is 0. The number of aliphatic hydroxyl groups excluding tert-OH is 1. The number of ether oxygens (including phenoxy) is 1. The molecule has 0 aliphatic carbocycles. The van der Waals surface area contributed by atoms with E-state index in [1.54, 1.807) is 6.92 Å². The van der Waals surface area contributed by atoms with E-state index in [9.17, 15) is 9.90 Å². The molecule has 2 aliphatic rings. The van der Waals surface area contributed by atoms with Crippen LogP contribution in [0.5, 0.6) is 0 Å². The number of benzene rings is 2. The van der Waals surface area contributed by atoms with Crippen LogP contribution in [0.1, 0.15) is 45.2 Å². The molecule has 2 saturated heterocycles. The van der Waals surface area contributed by atoms with Gasteiger partial charge in [-0.25, -0.2) is 0 Å². The van der Waals surface area contributed by atoms with Crippen molar-refractivity contribution in [3.8, 4) is 0 Å². The standard InChI is InChI=1S/C27H37NO3Si/c1-19(29)23-24(28(25(23)30)32(5,6)26(2,3)4)20-17-27(31-18-20,21-13-9-7-10-14-21)22-15-11-8-12-16-22/h7-16,19-20,23-24,29H,17-18H2,1-6H3/t19-,20+,23+,24-/m0/s1. The molecular weight excluding hydrogens is 414 g/mol. The Morgan fingerprint density at radius 2 is 1.53 bits per heavy atom. The molecule has 0 aromatic heterocycles. The van der Waals surface area contributed by atoms with Crippen LogP contribution in [0.4, 0.5) is 0 Å². The maximum absolute atomic E-state index is 13.3. The molecule has 0 radical (unpaired) electrons. The third-order valence-electron chi connectivity index (χ3n) is 8.20. The molecule has 0 unspecified atom stereocenters. The van der Waals surface area contributed by atoms with Crippen molar-refractivity contribution in [2.24, 2.45) is 11.8 Å². The highest BCUT2D eigenvalue weighted by molar-refractivity contribution is 6.80. The molecule has 2 aliphatic heterocycles. The second-order valence-electron chi connectivity index (χ2n) is 11.1. The van der Waals surface area contributed by atoms with Gasteiger partial charge in [0, 0.05) is 12.0 Å². The van der Waals surface area contributed by atoms with Crippen LogP contribution in [0.3, 0.4) is 0 Å². The Morgan fingerprint density at radius 3 is 1.97 bits per heavy atom. The molecule has 1 amide bonds. The molecule has 0 spiro atoms. The van der Waals surface area contributed by atoms with E-state index in [-0.39, 0.29) is 28.8 Å². The Hall–Kier alpha value is -1.95. The molecule has 172 valence electrons. The van der Waals surface area contributed by atoms with Gasteiger partial charge >= 0.3 is 0 Å². The van der Waals surface area contributed by atoms with Gasteiger partial charge in [-0.2, -0.15) is 0 Å². The van der Waals surface area contributed by atoms with Gasteiger partial charge in [-0.15, -0.1) is 0 Å². The summed E-state index contributed by atoms with van der Waals surface area (Å²) in [4.78, 5) is 13.3. The average molecular weight is 452 g/mol. The highest BCUT2D eigenvalue weighted by Gasteiger charge is 2.62. The number of β-lactam (4-membered cyclic amide) rings is 1. The topological polar surface area (TPSA) is 49.8 Å². The summed E-state index contributed by atoms with van der Waals surface area (Å²) in [6, 6.07) is 20.9. The van der Waals surface area contributed by atoms with Crippen LogP contribution in [0.15, 0.2) is 60.7 Å². The van der Waals surface area contributed by atoms with Crippen molar-refractivity contribution in [1.82, 2.24) is 4.57 Å². The zero-order valence-electron chi connectivity index (χ0n) is 20.2. The first-order valence-electron chi connectivity index (χ1n) is 11.8. The summed E-state index contributed by atoms with van der Waals surface area (Å²) in [5.74, 6) is -0.0598. The number of carbonyl (C=O) groups is 1. The quantitative estimate of drug-likeness (QED) is 0.503. The summed E-state index contributed by atoms with van der Waals surface area (Å²) in [6.07, 6.45) is 0.143. The van der Waals surface area contributed by atoms with Gasteiger partial charge in [-0.05, 0) is 29.5 Å². The van der Waals surface area contributed by atoms with Gasteiger partial charge in [-0.3, -0.25) is 4.79 Å². The van der Waals surface area contributed by atoms with Crippen molar-refractivity contribution >= 4 is 14.1 Å². The molecule has 4 atom stereocenters. The molecule has 2 aromatic carbocycles. The Morgan fingerprint density at radius 1 is 1.03 bits per heavy atom. The number of hydrogen-bond acceptors (Lipinski definition) is 3. The van der Waals surface area contributed by atoms with Crippen molar-refractivity contribution in [2.45, 2.75) is 70.0 Å². The minimum atomic E-state index is -2.09. The number of amides is 1. The van der Waals surface area contributed by atoms with Gasteiger partial charge < -0.3 is 14.4 Å². The Kier molecular flexibility index (Phi) is 5.89. The zero-order chi connectivity index (χ0) is 23.3. The first kappa shape index (κ1) is 23.2. The van der Waals surface area contributed by atoms with Gasteiger partial charge in [0.2, 0.25) is 5.91 Å². The first-order valence-corrected chi connectivity index (χ1v) is 14.7. The highest BCUT2D eigenvalue weighted by Crippen LogP contribution is 2.53. The average Bonchev–Trinajstić information content (AvgIpc) is 3.17. The van der Waals surface area contributed by atoms with Crippen LogP contribution in [0.2, 0.25) is 18.1 Å². The van der Waals surface area contributed by atoms with E-state index < -0.39 is 19.9 Å². The third kappa shape index (κ3) is 3.55. The molecule has 2 fully saturated rings. The summed E-state index contributed by atoms with van der Waals surface area (Å²) < 4.78 is 8.87. The van der Waals surface area contributed by atoms with Gasteiger partial charge in [0.15, 0.2) is 8.24 Å². The number of carbonyl (C=O) groups excluding carboxylic acids is 1. The molecule has 1 N–H and O–H groups in total. The molecule has 0 bridgehead atoms. The minimum absolute atomic E-state index is 0.0118. The second-order valence-corrected chi connectivity index (χ2v) is 16.2. The van der Waals surface area contributed by atoms with E-state index in [0.29, 0.717) is 6.61 Å². The smallest absolute Gasteiger partial charge is 0.222 e. The number of hydrogen-bond donors (Lipinski definition) is 1. The van der Waals surface area contributed by atoms with Crippen molar-refractivity contribution in [3.05, 3.63) is 71.8 Å². The summed E-state index contributed by atoms with van der Waals surface area (Å²) in [6.45, 7) is 13.6. The minimum Gasteiger partial charge on any atom is -0.393 e. The van der Waals surface area contributed by atoms with E-state index in [1.165, 1.54) is 0 Å². The Labute approximate surface area is 193 Å². The zero-order valence-corrected chi connectivity index (χ0v) is 21.2. The lowest BCUT2D eigenvalue weighted by Gasteiger charge is -2.60. The van der Waals surface area contributed by atoms with Gasteiger partial charge in [0.25, 0.3) is 0 Å². The largest absolute Gasteiger partial charge is 0.393 e. The summed E-state index contributed by atoms with van der Waals surface area (Å²) in [5.41, 5.74) is 1.76. The molecule has 0 saturated carbocycles. The molecule has 5 heteroatoms. The molecule has 4 nitrogen and oxygen atoms in total. The third-order valence-corrected chi connectivity index (χ3v) is 13.6. The first-order chi connectivity index (χ1) is 15.0. The number of aliphatic hydroxyl groups is 1. The summed E-state index contributed by atoms with van der Waals surface area (Å²) in [5, 5.41) is 10.6. The van der Waals surface area contributed by atoms with Crippen molar-refractivity contribution < 1.29 is 14.6 Å². The van der Waals surface area contributed by atoms with Gasteiger partial charge in [-0.1, -0.05) is 94.5 Å². The lowest BCUT2D eigenvalue weighted by atomic mass is 9.73. The number of rotatable bonds is 5. The SMILES string of the molecule is C[C@H](O)[C@H]1C(=O)N([Si](C)(C)C(C)(C)C)[C@H]1[C@H]1COC(c2ccccc2)(c2ccccc2)C1. The van der Waals surface area contributed by atoms with Crippen LogP contribution < -0.4 is 0 Å². The van der Waals surface area contributed by atoms with Crippen LogP contribution in [-0.2, 0) is 15.1 Å². The van der Waals surface area contributed by atoms with Crippen molar-refractivity contribution in [2.75, 3.05) is 6.61 Å². The van der Waals surface area contributed by atoms with Crippen LogP contribution in [0, 0.1) is 11.8 Å². The van der Waals surface area contributed by atoms with Crippen LogP contribution >= 0.6 is 0 Å². The highest BCUT2D eigenvalue weighted by atomic mass is 28.3. The van der Waals surface area contributed by atoms with Gasteiger partial charge in [0.1, 0.15) is 5.60 Å². The van der Waals surface area contributed by atoms with E-state index in [1.807, 2.05) is 12.1 Å². The summed E-state index contributed by atoms with van der Waals surface area (Å²) in [7, 11) is -2.09. The normalized spacial score (nSPS) is 26.7. The van der Waals surface area contributed by atoms with Crippen molar-refractivity contribution in [3.63, 3.8) is 0 Å². The fraction of sp³-hybridized carbons (Fsp3) is 0.519. The number of nitrogens with zero attached hydrogens (tertiary/aromatic N) is 1. The van der Waals surface area contributed by atoms with Crippen molar-refractivity contribution in [1.29, 1.82) is 0 Å². The molecule has 32 heavy (non-hydrogen) atoms. The Balaban J connectivity index is 1.74. The molecular formula is C27H37NO3Si. The van der Waals surface area contributed by atoms with Crippen LogP contribution in [0.25, 0.3) is 0 Å². The molecule has 2 heterocycles. The lowest BCUT2D eigenvalue weighted by Crippen LogP contribution is -2.76. The predicted octanol–water partition coefficient (Wildman–Crippen LogP) is 5.18. The van der Waals surface area contributed by atoms with Crippen LogP contribution in [-0.4, -0.2) is 42.6 Å². The maximum Gasteiger partial charge on any atom is 0.222 e. The van der Waals surface area contributed by atoms with E-state index >= 15 is 0 Å². The maximum atomic E-state index is 13.3. The van der Waals surface area contributed by atoms with E-state index in [2.05, 4.69) is 87.0 Å². The van der Waals surface area contributed by atoms with Gasteiger partial charge in [0.05, 0.1) is 18.6 Å². The van der Waals surface area contributed by atoms with E-state index in [0.717, 1.165) is 17.5 Å². The van der Waals surface area contributed by atoms with E-state index in [4.69, 9.17) is 4.74 Å². The lowest BCUT2D eigenvalue weighted by molar-refractivity contribution is -0.158. The predicted molar refractivity (Wildman–Crippen MR) is 131 cm³/mol.